The summed E-state index contributed by atoms with van der Waals surface area (Å²) in [7, 11) is 1.72. The minimum absolute atomic E-state index is 0.170. The van der Waals surface area contributed by atoms with Crippen molar-refractivity contribution in [3.05, 3.63) is 58.8 Å². The van der Waals surface area contributed by atoms with Crippen molar-refractivity contribution in [1.29, 1.82) is 0 Å². The Balaban J connectivity index is 1.86. The number of benzene rings is 1. The SMILES string of the molecule is Cc1cnc(CN(C)C(=O)c2ccc3cccc(Cl)c3n2)[nH]1. The third-order valence-electron chi connectivity index (χ3n) is 3.38. The fourth-order valence-corrected chi connectivity index (χ4v) is 2.49. The van der Waals surface area contributed by atoms with Gasteiger partial charge in [-0.25, -0.2) is 9.97 Å². The van der Waals surface area contributed by atoms with Crippen LogP contribution in [0.1, 0.15) is 22.0 Å². The molecule has 0 saturated carbocycles. The van der Waals surface area contributed by atoms with Crippen LogP contribution in [0, 0.1) is 6.92 Å². The Hall–Kier alpha value is -2.40. The molecule has 0 aliphatic heterocycles. The van der Waals surface area contributed by atoms with E-state index in [4.69, 9.17) is 11.6 Å². The number of hydrogen-bond acceptors (Lipinski definition) is 3. The number of nitrogens with zero attached hydrogens (tertiary/aromatic N) is 3. The van der Waals surface area contributed by atoms with Gasteiger partial charge in [0, 0.05) is 24.3 Å². The molecule has 0 bridgehead atoms. The summed E-state index contributed by atoms with van der Waals surface area (Å²) < 4.78 is 0. The van der Waals surface area contributed by atoms with Crippen LogP contribution >= 0.6 is 11.6 Å². The van der Waals surface area contributed by atoms with Gasteiger partial charge in [0.05, 0.1) is 17.1 Å². The van der Waals surface area contributed by atoms with Gasteiger partial charge in [0.2, 0.25) is 0 Å². The Morgan fingerprint density at radius 1 is 1.32 bits per heavy atom. The molecule has 3 aromatic rings. The number of pyridine rings is 1. The van der Waals surface area contributed by atoms with Crippen LogP contribution in [0.2, 0.25) is 5.02 Å². The lowest BCUT2D eigenvalue weighted by molar-refractivity contribution is 0.0776. The normalized spacial score (nSPS) is 10.9. The zero-order valence-electron chi connectivity index (χ0n) is 12.3. The molecule has 1 aromatic carbocycles. The molecule has 0 spiro atoms. The second-order valence-electron chi connectivity index (χ2n) is 5.18. The van der Waals surface area contributed by atoms with Crippen LogP contribution in [0.25, 0.3) is 10.9 Å². The maximum Gasteiger partial charge on any atom is 0.272 e. The predicted octanol–water partition coefficient (Wildman–Crippen LogP) is 3.19. The standard InChI is InChI=1S/C16H15ClN4O/c1-10-8-18-14(19-10)9-21(2)16(22)13-7-6-11-4-3-5-12(17)15(11)20-13/h3-8H,9H2,1-2H3,(H,18,19). The van der Waals surface area contributed by atoms with E-state index < -0.39 is 0 Å². The molecule has 112 valence electrons. The molecule has 0 saturated heterocycles. The second kappa shape index (κ2) is 5.77. The minimum Gasteiger partial charge on any atom is -0.345 e. The van der Waals surface area contributed by atoms with Gasteiger partial charge in [-0.1, -0.05) is 29.8 Å². The van der Waals surface area contributed by atoms with Crippen molar-refractivity contribution in [2.24, 2.45) is 0 Å². The molecular formula is C16H15ClN4O. The van der Waals surface area contributed by atoms with E-state index in [0.717, 1.165) is 16.9 Å². The molecule has 22 heavy (non-hydrogen) atoms. The Morgan fingerprint density at radius 3 is 2.86 bits per heavy atom. The molecule has 3 rings (SSSR count). The van der Waals surface area contributed by atoms with Crippen molar-refractivity contribution in [1.82, 2.24) is 19.9 Å². The second-order valence-corrected chi connectivity index (χ2v) is 5.59. The molecule has 6 heteroatoms. The van der Waals surface area contributed by atoms with Crippen molar-refractivity contribution >= 4 is 28.4 Å². The van der Waals surface area contributed by atoms with E-state index in [2.05, 4.69) is 15.0 Å². The number of rotatable bonds is 3. The highest BCUT2D eigenvalue weighted by Crippen LogP contribution is 2.21. The Kier molecular flexibility index (Phi) is 3.81. The van der Waals surface area contributed by atoms with Crippen LogP contribution < -0.4 is 0 Å². The van der Waals surface area contributed by atoms with Crippen LogP contribution in [0.4, 0.5) is 0 Å². The van der Waals surface area contributed by atoms with Crippen LogP contribution in [0.15, 0.2) is 36.5 Å². The van der Waals surface area contributed by atoms with Gasteiger partial charge in [-0.3, -0.25) is 4.79 Å². The highest BCUT2D eigenvalue weighted by molar-refractivity contribution is 6.35. The van der Waals surface area contributed by atoms with E-state index in [0.29, 0.717) is 22.8 Å². The smallest absolute Gasteiger partial charge is 0.272 e. The number of aryl methyl sites for hydroxylation is 1. The summed E-state index contributed by atoms with van der Waals surface area (Å²) in [6.45, 7) is 2.32. The predicted molar refractivity (Wildman–Crippen MR) is 85.9 cm³/mol. The first-order chi connectivity index (χ1) is 10.5. The van der Waals surface area contributed by atoms with Gasteiger partial charge >= 0.3 is 0 Å². The summed E-state index contributed by atoms with van der Waals surface area (Å²) in [6.07, 6.45) is 1.74. The monoisotopic (exact) mass is 314 g/mol. The Bertz CT molecular complexity index is 843. The first-order valence-corrected chi connectivity index (χ1v) is 7.23. The molecule has 0 unspecified atom stereocenters. The summed E-state index contributed by atoms with van der Waals surface area (Å²) in [5, 5.41) is 1.45. The lowest BCUT2D eigenvalue weighted by Gasteiger charge is -2.15. The number of aromatic amines is 1. The molecule has 0 radical (unpaired) electrons. The van der Waals surface area contributed by atoms with Crippen LogP contribution in [-0.2, 0) is 6.54 Å². The number of carbonyl (C=O) groups is 1. The van der Waals surface area contributed by atoms with Crippen LogP contribution in [0.3, 0.4) is 0 Å². The zero-order valence-corrected chi connectivity index (χ0v) is 13.1. The quantitative estimate of drug-likeness (QED) is 0.807. The Morgan fingerprint density at radius 2 is 2.14 bits per heavy atom. The number of hydrogen-bond donors (Lipinski definition) is 1. The number of para-hydroxylation sites is 1. The third kappa shape index (κ3) is 2.80. The lowest BCUT2D eigenvalue weighted by Crippen LogP contribution is -2.27. The van der Waals surface area contributed by atoms with Crippen LogP contribution in [-0.4, -0.2) is 32.8 Å². The maximum atomic E-state index is 12.5. The highest BCUT2D eigenvalue weighted by Gasteiger charge is 2.15. The average molecular weight is 315 g/mol. The number of nitrogens with one attached hydrogen (secondary N) is 1. The minimum atomic E-state index is -0.170. The van der Waals surface area contributed by atoms with E-state index >= 15 is 0 Å². The summed E-state index contributed by atoms with van der Waals surface area (Å²) in [6, 6.07) is 9.11. The van der Waals surface area contributed by atoms with Gasteiger partial charge in [0.15, 0.2) is 0 Å². The van der Waals surface area contributed by atoms with E-state index in [1.54, 1.807) is 30.3 Å². The number of fused-ring (bicyclic) bond motifs is 1. The number of H-pyrrole nitrogens is 1. The van der Waals surface area contributed by atoms with E-state index in [1.165, 1.54) is 0 Å². The molecule has 0 aliphatic rings. The molecule has 2 heterocycles. The lowest BCUT2D eigenvalue weighted by atomic mass is 10.2. The average Bonchev–Trinajstić information content (AvgIpc) is 2.91. The number of carbonyl (C=O) groups excluding carboxylic acids is 1. The molecule has 5 nitrogen and oxygen atoms in total. The summed E-state index contributed by atoms with van der Waals surface area (Å²) in [5.41, 5.74) is 1.97. The zero-order chi connectivity index (χ0) is 15.7. The maximum absolute atomic E-state index is 12.5. The number of halogens is 1. The largest absolute Gasteiger partial charge is 0.345 e. The molecule has 0 atom stereocenters. The van der Waals surface area contributed by atoms with Gasteiger partial charge in [0.1, 0.15) is 11.5 Å². The first-order valence-electron chi connectivity index (χ1n) is 6.86. The highest BCUT2D eigenvalue weighted by atomic mass is 35.5. The van der Waals surface area contributed by atoms with Gasteiger partial charge < -0.3 is 9.88 Å². The third-order valence-corrected chi connectivity index (χ3v) is 3.68. The number of imidazole rings is 1. The molecule has 2 aromatic heterocycles. The van der Waals surface area contributed by atoms with Crippen molar-refractivity contribution in [3.63, 3.8) is 0 Å². The fourth-order valence-electron chi connectivity index (χ4n) is 2.27. The molecule has 1 amide bonds. The van der Waals surface area contributed by atoms with Gasteiger partial charge in [-0.15, -0.1) is 0 Å². The molecule has 1 N–H and O–H groups in total. The van der Waals surface area contributed by atoms with E-state index in [9.17, 15) is 4.79 Å². The topological polar surface area (TPSA) is 61.9 Å². The number of aromatic nitrogens is 3. The molecular weight excluding hydrogens is 300 g/mol. The molecule has 0 fully saturated rings. The van der Waals surface area contributed by atoms with Crippen LogP contribution in [0.5, 0.6) is 0 Å². The molecule has 0 aliphatic carbocycles. The number of amides is 1. The summed E-state index contributed by atoms with van der Waals surface area (Å²) in [4.78, 5) is 25.8. The Labute approximate surface area is 133 Å². The summed E-state index contributed by atoms with van der Waals surface area (Å²) >= 11 is 6.14. The summed E-state index contributed by atoms with van der Waals surface area (Å²) in [5.74, 6) is 0.572. The van der Waals surface area contributed by atoms with Crippen molar-refractivity contribution in [2.75, 3.05) is 7.05 Å². The fraction of sp³-hybridized carbons (Fsp3) is 0.188. The van der Waals surface area contributed by atoms with Gasteiger partial charge in [-0.05, 0) is 19.1 Å². The van der Waals surface area contributed by atoms with E-state index in [-0.39, 0.29) is 5.91 Å². The van der Waals surface area contributed by atoms with Crippen molar-refractivity contribution in [3.8, 4) is 0 Å². The van der Waals surface area contributed by atoms with Gasteiger partial charge in [-0.2, -0.15) is 0 Å². The van der Waals surface area contributed by atoms with Crippen molar-refractivity contribution < 1.29 is 4.79 Å². The first kappa shape index (κ1) is 14.5. The van der Waals surface area contributed by atoms with E-state index in [1.807, 2.05) is 25.1 Å². The van der Waals surface area contributed by atoms with Gasteiger partial charge in [0.25, 0.3) is 5.91 Å². The van der Waals surface area contributed by atoms with Crippen molar-refractivity contribution in [2.45, 2.75) is 13.5 Å².